The molecule has 3 nitrogen and oxygen atoms in total. The molecular formula is C11H11NO2. The summed E-state index contributed by atoms with van der Waals surface area (Å²) >= 11 is 0. The SMILES string of the molecule is COc1cccc(C(C#N)CC=O)c1. The van der Waals surface area contributed by atoms with Crippen LogP contribution in [-0.4, -0.2) is 13.4 Å². The van der Waals surface area contributed by atoms with Crippen molar-refractivity contribution < 1.29 is 9.53 Å². The molecule has 1 unspecified atom stereocenters. The van der Waals surface area contributed by atoms with Gasteiger partial charge in [-0.1, -0.05) is 12.1 Å². The molecule has 0 aliphatic carbocycles. The summed E-state index contributed by atoms with van der Waals surface area (Å²) in [5, 5.41) is 8.82. The van der Waals surface area contributed by atoms with E-state index < -0.39 is 0 Å². The number of methoxy groups -OCH3 is 1. The highest BCUT2D eigenvalue weighted by Crippen LogP contribution is 2.21. The highest BCUT2D eigenvalue weighted by Gasteiger charge is 2.09. The van der Waals surface area contributed by atoms with Crippen LogP contribution in [0, 0.1) is 11.3 Å². The molecule has 0 bridgehead atoms. The lowest BCUT2D eigenvalue weighted by molar-refractivity contribution is -0.107. The monoisotopic (exact) mass is 189 g/mol. The van der Waals surface area contributed by atoms with Gasteiger partial charge in [0, 0.05) is 6.42 Å². The number of rotatable bonds is 4. The van der Waals surface area contributed by atoms with Gasteiger partial charge in [0.2, 0.25) is 0 Å². The molecule has 0 amide bonds. The minimum atomic E-state index is -0.373. The van der Waals surface area contributed by atoms with E-state index in [2.05, 4.69) is 6.07 Å². The van der Waals surface area contributed by atoms with E-state index in [-0.39, 0.29) is 12.3 Å². The molecule has 0 aliphatic heterocycles. The maximum atomic E-state index is 10.3. The molecule has 1 atom stereocenters. The Hall–Kier alpha value is -1.82. The topological polar surface area (TPSA) is 50.1 Å². The van der Waals surface area contributed by atoms with Crippen LogP contribution in [0.3, 0.4) is 0 Å². The lowest BCUT2D eigenvalue weighted by Crippen LogP contribution is -1.96. The fraction of sp³-hybridized carbons (Fsp3) is 0.273. The first-order valence-corrected chi connectivity index (χ1v) is 4.29. The van der Waals surface area contributed by atoms with E-state index in [0.29, 0.717) is 5.75 Å². The molecule has 3 heteroatoms. The zero-order valence-electron chi connectivity index (χ0n) is 7.93. The van der Waals surface area contributed by atoms with Gasteiger partial charge >= 0.3 is 0 Å². The Morgan fingerprint density at radius 2 is 2.43 bits per heavy atom. The molecule has 0 saturated heterocycles. The van der Waals surface area contributed by atoms with Gasteiger partial charge in [-0.25, -0.2) is 0 Å². The van der Waals surface area contributed by atoms with Gasteiger partial charge in [-0.15, -0.1) is 0 Å². The van der Waals surface area contributed by atoms with Crippen molar-refractivity contribution in [2.24, 2.45) is 0 Å². The van der Waals surface area contributed by atoms with Gasteiger partial charge in [0.15, 0.2) is 0 Å². The summed E-state index contributed by atoms with van der Waals surface area (Å²) in [6, 6.07) is 9.29. The fourth-order valence-corrected chi connectivity index (χ4v) is 1.22. The summed E-state index contributed by atoms with van der Waals surface area (Å²) in [4.78, 5) is 10.3. The number of hydrogen-bond donors (Lipinski definition) is 0. The Balaban J connectivity index is 2.93. The molecular weight excluding hydrogens is 178 g/mol. The van der Waals surface area contributed by atoms with Crippen molar-refractivity contribution in [2.75, 3.05) is 7.11 Å². The van der Waals surface area contributed by atoms with Crippen LogP contribution in [0.2, 0.25) is 0 Å². The van der Waals surface area contributed by atoms with E-state index in [1.165, 1.54) is 0 Å². The molecule has 0 radical (unpaired) electrons. The van der Waals surface area contributed by atoms with Crippen LogP contribution in [-0.2, 0) is 4.79 Å². The molecule has 0 aromatic heterocycles. The van der Waals surface area contributed by atoms with E-state index >= 15 is 0 Å². The molecule has 0 saturated carbocycles. The molecule has 1 aromatic carbocycles. The first-order chi connectivity index (χ1) is 6.81. The summed E-state index contributed by atoms with van der Waals surface area (Å²) in [5.74, 6) is 0.330. The van der Waals surface area contributed by atoms with Crippen molar-refractivity contribution in [3.8, 4) is 11.8 Å². The number of benzene rings is 1. The van der Waals surface area contributed by atoms with Gasteiger partial charge < -0.3 is 9.53 Å². The van der Waals surface area contributed by atoms with Crippen LogP contribution < -0.4 is 4.74 Å². The number of carbonyl (C=O) groups excluding carboxylic acids is 1. The van der Waals surface area contributed by atoms with Crippen LogP contribution >= 0.6 is 0 Å². The van der Waals surface area contributed by atoms with Crippen molar-refractivity contribution in [3.63, 3.8) is 0 Å². The van der Waals surface area contributed by atoms with Gasteiger partial charge in [-0.2, -0.15) is 5.26 Å². The van der Waals surface area contributed by atoms with Gasteiger partial charge in [-0.05, 0) is 17.7 Å². The minimum absolute atomic E-state index is 0.226. The van der Waals surface area contributed by atoms with Gasteiger partial charge in [-0.3, -0.25) is 0 Å². The second kappa shape index (κ2) is 5.03. The molecule has 14 heavy (non-hydrogen) atoms. The average Bonchev–Trinajstić information content (AvgIpc) is 2.26. The molecule has 0 spiro atoms. The van der Waals surface area contributed by atoms with E-state index in [9.17, 15) is 4.79 Å². The van der Waals surface area contributed by atoms with Crippen LogP contribution in [0.15, 0.2) is 24.3 Å². The molecule has 1 aromatic rings. The van der Waals surface area contributed by atoms with Crippen LogP contribution in [0.4, 0.5) is 0 Å². The third kappa shape index (κ3) is 2.33. The molecule has 0 aliphatic rings. The number of aldehydes is 1. The summed E-state index contributed by atoms with van der Waals surface area (Å²) in [6.45, 7) is 0. The Labute approximate surface area is 82.9 Å². The molecule has 0 N–H and O–H groups in total. The molecule has 72 valence electrons. The highest BCUT2D eigenvalue weighted by molar-refractivity contribution is 5.53. The third-order valence-electron chi connectivity index (χ3n) is 1.98. The predicted octanol–water partition coefficient (Wildman–Crippen LogP) is 1.89. The lowest BCUT2D eigenvalue weighted by Gasteiger charge is -2.07. The van der Waals surface area contributed by atoms with Gasteiger partial charge in [0.05, 0.1) is 19.1 Å². The van der Waals surface area contributed by atoms with Crippen molar-refractivity contribution in [1.29, 1.82) is 5.26 Å². The van der Waals surface area contributed by atoms with Gasteiger partial charge in [0.1, 0.15) is 12.0 Å². The van der Waals surface area contributed by atoms with E-state index in [1.807, 2.05) is 12.1 Å². The second-order valence-corrected chi connectivity index (χ2v) is 2.86. The van der Waals surface area contributed by atoms with E-state index in [4.69, 9.17) is 10.00 Å². The zero-order chi connectivity index (χ0) is 10.4. The number of nitriles is 1. The fourth-order valence-electron chi connectivity index (χ4n) is 1.22. The standard InChI is InChI=1S/C11H11NO2/c1-14-11-4-2-3-9(7-11)10(8-12)5-6-13/h2-4,6-7,10H,5H2,1H3. The smallest absolute Gasteiger partial charge is 0.121 e. The summed E-state index contributed by atoms with van der Waals surface area (Å²) < 4.78 is 5.03. The van der Waals surface area contributed by atoms with Crippen LogP contribution in [0.25, 0.3) is 0 Å². The van der Waals surface area contributed by atoms with Gasteiger partial charge in [0.25, 0.3) is 0 Å². The summed E-state index contributed by atoms with van der Waals surface area (Å²) in [6.07, 6.45) is 0.983. The second-order valence-electron chi connectivity index (χ2n) is 2.86. The number of carbonyl (C=O) groups is 1. The number of nitrogens with zero attached hydrogens (tertiary/aromatic N) is 1. The van der Waals surface area contributed by atoms with Crippen molar-refractivity contribution in [3.05, 3.63) is 29.8 Å². The normalized spacial score (nSPS) is 11.4. The predicted molar refractivity (Wildman–Crippen MR) is 52.0 cm³/mol. The summed E-state index contributed by atoms with van der Waals surface area (Å²) in [5.41, 5.74) is 0.818. The molecule has 1 rings (SSSR count). The maximum absolute atomic E-state index is 10.3. The largest absolute Gasteiger partial charge is 0.497 e. The zero-order valence-corrected chi connectivity index (χ0v) is 7.93. The Morgan fingerprint density at radius 3 is 3.00 bits per heavy atom. The Bertz CT molecular complexity index is 355. The van der Waals surface area contributed by atoms with E-state index in [0.717, 1.165) is 11.8 Å². The van der Waals surface area contributed by atoms with Crippen LogP contribution in [0.5, 0.6) is 5.75 Å². The molecule has 0 fully saturated rings. The molecule has 0 heterocycles. The number of hydrogen-bond acceptors (Lipinski definition) is 3. The first kappa shape index (κ1) is 10.3. The van der Waals surface area contributed by atoms with E-state index in [1.54, 1.807) is 19.2 Å². The quantitative estimate of drug-likeness (QED) is 0.679. The Morgan fingerprint density at radius 1 is 1.64 bits per heavy atom. The average molecular weight is 189 g/mol. The first-order valence-electron chi connectivity index (χ1n) is 4.29. The minimum Gasteiger partial charge on any atom is -0.497 e. The maximum Gasteiger partial charge on any atom is 0.121 e. The highest BCUT2D eigenvalue weighted by atomic mass is 16.5. The number of ether oxygens (including phenoxy) is 1. The third-order valence-corrected chi connectivity index (χ3v) is 1.98. The van der Waals surface area contributed by atoms with Crippen molar-refractivity contribution in [1.82, 2.24) is 0 Å². The Kier molecular flexibility index (Phi) is 3.69. The van der Waals surface area contributed by atoms with Crippen molar-refractivity contribution in [2.45, 2.75) is 12.3 Å². The summed E-state index contributed by atoms with van der Waals surface area (Å²) in [7, 11) is 1.57. The van der Waals surface area contributed by atoms with Crippen LogP contribution in [0.1, 0.15) is 17.9 Å². The van der Waals surface area contributed by atoms with Crippen molar-refractivity contribution >= 4 is 6.29 Å². The lowest BCUT2D eigenvalue weighted by atomic mass is 9.98.